The lowest BCUT2D eigenvalue weighted by molar-refractivity contribution is 0.768. The summed E-state index contributed by atoms with van der Waals surface area (Å²) in [5, 5.41) is 12.1. The Kier molecular flexibility index (Phi) is 2.03. The first-order valence-electron chi connectivity index (χ1n) is 4.73. The van der Waals surface area contributed by atoms with Crippen LogP contribution in [0.2, 0.25) is 0 Å². The normalized spacial score (nSPS) is 11.1. The summed E-state index contributed by atoms with van der Waals surface area (Å²) in [6.07, 6.45) is 5.73. The van der Waals surface area contributed by atoms with Gasteiger partial charge >= 0.3 is 0 Å². The van der Waals surface area contributed by atoms with Crippen LogP contribution in [0.25, 0.3) is 16.8 Å². The van der Waals surface area contributed by atoms with Crippen LogP contribution in [0.3, 0.4) is 0 Å². The average Bonchev–Trinajstić information content (AvgIpc) is 2.86. The lowest BCUT2D eigenvalue weighted by Crippen LogP contribution is -1.86. The Morgan fingerprint density at radius 2 is 2.12 bits per heavy atom. The molecule has 80 valence electrons. The van der Waals surface area contributed by atoms with E-state index in [-0.39, 0.29) is 0 Å². The molecule has 0 unspecified atom stereocenters. The van der Waals surface area contributed by atoms with Gasteiger partial charge in [-0.1, -0.05) is 0 Å². The molecule has 0 N–H and O–H groups in total. The van der Waals surface area contributed by atoms with Crippen LogP contribution in [0, 0.1) is 0 Å². The van der Waals surface area contributed by atoms with Crippen LogP contribution in [0.4, 0.5) is 0 Å². The molecule has 3 aromatic rings. The van der Waals surface area contributed by atoms with E-state index in [1.807, 2.05) is 42.2 Å². The van der Waals surface area contributed by atoms with Gasteiger partial charge in [-0.25, -0.2) is 0 Å². The van der Waals surface area contributed by atoms with Crippen molar-refractivity contribution in [2.75, 3.05) is 0 Å². The highest BCUT2D eigenvalue weighted by Gasteiger charge is 2.05. The summed E-state index contributed by atoms with van der Waals surface area (Å²) in [6.45, 7) is 0. The van der Waals surface area contributed by atoms with Crippen LogP contribution in [0.1, 0.15) is 0 Å². The molecule has 0 atom stereocenters. The molecule has 5 nitrogen and oxygen atoms in total. The average molecular weight is 278 g/mol. The van der Waals surface area contributed by atoms with Crippen molar-refractivity contribution in [1.29, 1.82) is 0 Å². The van der Waals surface area contributed by atoms with Gasteiger partial charge in [-0.3, -0.25) is 9.08 Å². The van der Waals surface area contributed by atoms with Gasteiger partial charge in [0, 0.05) is 25.0 Å². The largest absolute Gasteiger partial charge is 0.277 e. The minimum absolute atomic E-state index is 0.709. The maximum absolute atomic E-state index is 4.14. The van der Waals surface area contributed by atoms with Gasteiger partial charge in [0.15, 0.2) is 5.65 Å². The van der Waals surface area contributed by atoms with Crippen molar-refractivity contribution in [3.8, 4) is 11.1 Å². The van der Waals surface area contributed by atoms with Crippen molar-refractivity contribution in [2.24, 2.45) is 7.05 Å². The summed E-state index contributed by atoms with van der Waals surface area (Å²) in [6, 6.07) is 3.99. The fourth-order valence-corrected chi connectivity index (χ4v) is 1.99. The Morgan fingerprint density at radius 3 is 2.88 bits per heavy atom. The predicted octanol–water partition coefficient (Wildman–Crippen LogP) is 1.89. The van der Waals surface area contributed by atoms with Gasteiger partial charge < -0.3 is 0 Å². The number of nitrogens with zero attached hydrogens (tertiary/aromatic N) is 5. The van der Waals surface area contributed by atoms with E-state index in [9.17, 15) is 0 Å². The quantitative estimate of drug-likeness (QED) is 0.683. The lowest BCUT2D eigenvalue weighted by atomic mass is 10.1. The fraction of sp³-hybridized carbons (Fsp3) is 0.100. The maximum Gasteiger partial charge on any atom is 0.204 e. The second-order valence-corrected chi connectivity index (χ2v) is 4.22. The van der Waals surface area contributed by atoms with E-state index in [1.165, 1.54) is 0 Å². The standard InChI is InChI=1S/C10H8BrN5/c1-15-6-8(5-12-15)7-2-3-16-9(4-7)13-14-10(16)11/h2-6H,1H3. The zero-order valence-corrected chi connectivity index (χ0v) is 10.1. The van der Waals surface area contributed by atoms with Gasteiger partial charge in [0.05, 0.1) is 6.20 Å². The zero-order valence-electron chi connectivity index (χ0n) is 8.50. The highest BCUT2D eigenvalue weighted by molar-refractivity contribution is 9.10. The summed E-state index contributed by atoms with van der Waals surface area (Å²) in [7, 11) is 1.90. The van der Waals surface area contributed by atoms with Crippen LogP contribution >= 0.6 is 15.9 Å². The highest BCUT2D eigenvalue weighted by atomic mass is 79.9. The number of fused-ring (bicyclic) bond motifs is 1. The number of aryl methyl sites for hydroxylation is 1. The summed E-state index contributed by atoms with van der Waals surface area (Å²) in [5.41, 5.74) is 2.97. The van der Waals surface area contributed by atoms with E-state index in [2.05, 4.69) is 31.2 Å². The zero-order chi connectivity index (χ0) is 11.1. The van der Waals surface area contributed by atoms with Crippen molar-refractivity contribution < 1.29 is 0 Å². The first-order chi connectivity index (χ1) is 7.74. The molecule has 3 aromatic heterocycles. The molecule has 3 rings (SSSR count). The number of aromatic nitrogens is 5. The molecule has 0 bridgehead atoms. The van der Waals surface area contributed by atoms with E-state index in [4.69, 9.17) is 0 Å². The summed E-state index contributed by atoms with van der Waals surface area (Å²) >= 11 is 3.32. The van der Waals surface area contributed by atoms with Gasteiger partial charge in [-0.15, -0.1) is 10.2 Å². The number of hydrogen-bond donors (Lipinski definition) is 0. The number of pyridine rings is 1. The van der Waals surface area contributed by atoms with Crippen molar-refractivity contribution in [1.82, 2.24) is 24.4 Å². The van der Waals surface area contributed by atoms with Crippen molar-refractivity contribution in [3.63, 3.8) is 0 Å². The van der Waals surface area contributed by atoms with Crippen LogP contribution in [0.15, 0.2) is 35.5 Å². The molecule has 0 spiro atoms. The third-order valence-electron chi connectivity index (χ3n) is 2.41. The predicted molar refractivity (Wildman–Crippen MR) is 62.9 cm³/mol. The molecule has 0 saturated carbocycles. The minimum atomic E-state index is 0.709. The smallest absolute Gasteiger partial charge is 0.204 e. The molecule has 0 aliphatic carbocycles. The molecule has 3 heterocycles. The molecule has 0 fully saturated rings. The SMILES string of the molecule is Cn1cc(-c2ccn3c(Br)nnc3c2)cn1. The van der Waals surface area contributed by atoms with E-state index in [1.54, 1.807) is 4.68 Å². The van der Waals surface area contributed by atoms with Crippen LogP contribution in [-0.2, 0) is 7.05 Å². The Balaban J connectivity index is 2.18. The molecular formula is C10H8BrN5. The number of hydrogen-bond acceptors (Lipinski definition) is 3. The van der Waals surface area contributed by atoms with Gasteiger partial charge in [-0.2, -0.15) is 5.10 Å². The first kappa shape index (κ1) is 9.53. The van der Waals surface area contributed by atoms with Crippen LogP contribution < -0.4 is 0 Å². The van der Waals surface area contributed by atoms with Gasteiger partial charge in [-0.05, 0) is 33.6 Å². The second kappa shape index (κ2) is 3.41. The molecular weight excluding hydrogens is 270 g/mol. The molecule has 0 aliphatic heterocycles. The highest BCUT2D eigenvalue weighted by Crippen LogP contribution is 2.20. The van der Waals surface area contributed by atoms with Crippen LogP contribution in [0.5, 0.6) is 0 Å². The summed E-state index contributed by atoms with van der Waals surface area (Å²) in [5.74, 6) is 0. The molecule has 0 radical (unpaired) electrons. The van der Waals surface area contributed by atoms with E-state index in [0.29, 0.717) is 4.73 Å². The van der Waals surface area contributed by atoms with E-state index < -0.39 is 0 Å². The molecule has 0 amide bonds. The number of halogens is 1. The molecule has 0 aliphatic rings. The van der Waals surface area contributed by atoms with Gasteiger partial charge in [0.25, 0.3) is 0 Å². The molecule has 6 heteroatoms. The third kappa shape index (κ3) is 1.42. The van der Waals surface area contributed by atoms with E-state index in [0.717, 1.165) is 16.8 Å². The minimum Gasteiger partial charge on any atom is -0.277 e. The number of rotatable bonds is 1. The third-order valence-corrected chi connectivity index (χ3v) is 2.95. The van der Waals surface area contributed by atoms with Gasteiger partial charge in [0.1, 0.15) is 0 Å². The fourth-order valence-electron chi connectivity index (χ4n) is 1.61. The summed E-state index contributed by atoms with van der Waals surface area (Å²) < 4.78 is 4.36. The molecule has 16 heavy (non-hydrogen) atoms. The maximum atomic E-state index is 4.14. The Hall–Kier alpha value is -1.69. The Morgan fingerprint density at radius 1 is 1.25 bits per heavy atom. The molecule has 0 saturated heterocycles. The van der Waals surface area contributed by atoms with Crippen LogP contribution in [-0.4, -0.2) is 24.4 Å². The second-order valence-electron chi connectivity index (χ2n) is 3.52. The molecule has 0 aromatic carbocycles. The topological polar surface area (TPSA) is 48.0 Å². The first-order valence-corrected chi connectivity index (χ1v) is 5.52. The lowest BCUT2D eigenvalue weighted by Gasteiger charge is -1.98. The Labute approximate surface area is 99.9 Å². The van der Waals surface area contributed by atoms with Crippen molar-refractivity contribution in [2.45, 2.75) is 0 Å². The Bertz CT molecular complexity index is 654. The van der Waals surface area contributed by atoms with Gasteiger partial charge in [0.2, 0.25) is 4.73 Å². The van der Waals surface area contributed by atoms with Crippen molar-refractivity contribution >= 4 is 21.6 Å². The van der Waals surface area contributed by atoms with Crippen molar-refractivity contribution in [3.05, 3.63) is 35.5 Å². The summed E-state index contributed by atoms with van der Waals surface area (Å²) in [4.78, 5) is 0. The van der Waals surface area contributed by atoms with E-state index >= 15 is 0 Å². The monoisotopic (exact) mass is 277 g/mol.